The van der Waals surface area contributed by atoms with Gasteiger partial charge >= 0.3 is 0 Å². The number of benzene rings is 1. The van der Waals surface area contributed by atoms with E-state index in [2.05, 4.69) is 10.3 Å². The van der Waals surface area contributed by atoms with E-state index in [1.54, 1.807) is 18.0 Å². The quantitative estimate of drug-likeness (QED) is 0.765. The van der Waals surface area contributed by atoms with Gasteiger partial charge in [0.1, 0.15) is 0 Å². The van der Waals surface area contributed by atoms with E-state index in [1.165, 1.54) is 0 Å². The lowest BCUT2D eigenvalue weighted by Crippen LogP contribution is -2.37. The maximum atomic E-state index is 12.5. The van der Waals surface area contributed by atoms with Crippen LogP contribution in [0.4, 0.5) is 0 Å². The Morgan fingerprint density at radius 2 is 2.35 bits per heavy atom. The van der Waals surface area contributed by atoms with E-state index in [4.69, 9.17) is 5.11 Å². The minimum atomic E-state index is -0.0805. The fraction of sp³-hybridized carbons (Fsp3) is 0.412. The molecule has 0 bridgehead atoms. The third-order valence-corrected chi connectivity index (χ3v) is 4.79. The first-order valence-electron chi connectivity index (χ1n) is 7.82. The third-order valence-electron chi connectivity index (χ3n) is 4.12. The summed E-state index contributed by atoms with van der Waals surface area (Å²) in [7, 11) is 0. The molecule has 1 fully saturated rings. The number of rotatable bonds is 7. The lowest BCUT2D eigenvalue weighted by atomic mass is 10.1. The first-order valence-corrected chi connectivity index (χ1v) is 9.05. The topological polar surface area (TPSA) is 67.2 Å². The van der Waals surface area contributed by atoms with Crippen LogP contribution in [0, 0.1) is 5.92 Å². The van der Waals surface area contributed by atoms with Crippen LogP contribution < -0.4 is 5.32 Å². The van der Waals surface area contributed by atoms with Crippen molar-refractivity contribution in [3.63, 3.8) is 0 Å². The molecule has 5 nitrogen and oxygen atoms in total. The van der Waals surface area contributed by atoms with Crippen molar-refractivity contribution in [2.45, 2.75) is 30.5 Å². The zero-order chi connectivity index (χ0) is 16.2. The molecule has 0 aliphatic heterocycles. The highest BCUT2D eigenvalue weighted by Crippen LogP contribution is 2.34. The molecule has 1 unspecified atom stereocenters. The zero-order valence-electron chi connectivity index (χ0n) is 13.1. The summed E-state index contributed by atoms with van der Waals surface area (Å²) in [6, 6.07) is 7.61. The molecule has 2 aromatic rings. The van der Waals surface area contributed by atoms with Gasteiger partial charge in [0.05, 0.1) is 0 Å². The van der Waals surface area contributed by atoms with Gasteiger partial charge in [0.15, 0.2) is 5.16 Å². The van der Waals surface area contributed by atoms with Crippen molar-refractivity contribution in [3.8, 4) is 5.69 Å². The second kappa shape index (κ2) is 7.19. The molecule has 0 radical (unpaired) electrons. The average Bonchev–Trinajstić information content (AvgIpc) is 3.31. The summed E-state index contributed by atoms with van der Waals surface area (Å²) < 4.78 is 1.97. The number of nitrogens with one attached hydrogen (secondary N) is 1. The zero-order valence-corrected chi connectivity index (χ0v) is 13.9. The maximum absolute atomic E-state index is 12.5. The molecule has 6 heteroatoms. The van der Waals surface area contributed by atoms with Crippen LogP contribution in [0.3, 0.4) is 0 Å². The summed E-state index contributed by atoms with van der Waals surface area (Å²) in [5.41, 5.74) is 1.55. The Morgan fingerprint density at radius 3 is 3.04 bits per heavy atom. The predicted octanol–water partition coefficient (Wildman–Crippen LogP) is 2.49. The Hall–Kier alpha value is -1.79. The van der Waals surface area contributed by atoms with Crippen LogP contribution in [0.2, 0.25) is 0 Å². The van der Waals surface area contributed by atoms with Crippen LogP contribution in [0.25, 0.3) is 5.69 Å². The van der Waals surface area contributed by atoms with Gasteiger partial charge in [-0.2, -0.15) is 0 Å². The number of amides is 1. The van der Waals surface area contributed by atoms with Crippen LogP contribution >= 0.6 is 11.8 Å². The number of carbonyl (C=O) groups excluding carboxylic acids is 1. The van der Waals surface area contributed by atoms with Crippen molar-refractivity contribution in [1.82, 2.24) is 14.9 Å². The summed E-state index contributed by atoms with van der Waals surface area (Å²) in [6.07, 6.45) is 8.51. The first-order chi connectivity index (χ1) is 11.2. The van der Waals surface area contributed by atoms with Crippen molar-refractivity contribution >= 4 is 17.7 Å². The Balaban J connectivity index is 1.77. The maximum Gasteiger partial charge on any atom is 0.251 e. The lowest BCUT2D eigenvalue weighted by molar-refractivity contribution is 0.0924. The minimum absolute atomic E-state index is 0.0751. The van der Waals surface area contributed by atoms with Crippen LogP contribution in [0.5, 0.6) is 0 Å². The van der Waals surface area contributed by atoms with Crippen molar-refractivity contribution in [1.29, 1.82) is 0 Å². The fourth-order valence-corrected chi connectivity index (χ4v) is 3.28. The van der Waals surface area contributed by atoms with Crippen molar-refractivity contribution in [2.24, 2.45) is 5.92 Å². The van der Waals surface area contributed by atoms with Gasteiger partial charge in [0.2, 0.25) is 0 Å². The van der Waals surface area contributed by atoms with E-state index in [0.717, 1.165) is 23.7 Å². The fourth-order valence-electron chi connectivity index (χ4n) is 2.75. The van der Waals surface area contributed by atoms with E-state index in [9.17, 15) is 4.79 Å². The molecule has 1 saturated carbocycles. The molecule has 1 aromatic carbocycles. The van der Waals surface area contributed by atoms with Crippen molar-refractivity contribution in [2.75, 3.05) is 12.9 Å². The second-order valence-corrected chi connectivity index (χ2v) is 6.54. The van der Waals surface area contributed by atoms with Gasteiger partial charge in [0.25, 0.3) is 5.91 Å². The van der Waals surface area contributed by atoms with E-state index < -0.39 is 0 Å². The number of carbonyl (C=O) groups is 1. The van der Waals surface area contributed by atoms with Gasteiger partial charge in [0, 0.05) is 36.3 Å². The Morgan fingerprint density at radius 1 is 1.52 bits per heavy atom. The third kappa shape index (κ3) is 3.76. The highest BCUT2D eigenvalue weighted by Gasteiger charge is 2.31. The number of nitrogens with zero attached hydrogens (tertiary/aromatic N) is 2. The molecular formula is C17H21N3O2S. The average molecular weight is 331 g/mol. The van der Waals surface area contributed by atoms with Gasteiger partial charge in [-0.3, -0.25) is 9.36 Å². The molecule has 122 valence electrons. The summed E-state index contributed by atoms with van der Waals surface area (Å²) in [5, 5.41) is 13.1. The van der Waals surface area contributed by atoms with E-state index >= 15 is 0 Å². The Labute approximate surface area is 140 Å². The Kier molecular flexibility index (Phi) is 5.03. The molecule has 0 spiro atoms. The van der Waals surface area contributed by atoms with E-state index in [1.807, 2.05) is 41.3 Å². The SMILES string of the molecule is CSc1nccn1-c1cccc(C(=O)NC(CCO)C2CC2)c1. The molecule has 1 atom stereocenters. The molecule has 23 heavy (non-hydrogen) atoms. The number of thioether (sulfide) groups is 1. The molecular weight excluding hydrogens is 310 g/mol. The largest absolute Gasteiger partial charge is 0.396 e. The molecule has 0 saturated heterocycles. The molecule has 1 heterocycles. The van der Waals surface area contributed by atoms with Crippen LogP contribution in [-0.2, 0) is 0 Å². The Bertz CT molecular complexity index is 682. The molecule has 2 N–H and O–H groups in total. The van der Waals surface area contributed by atoms with Gasteiger partial charge in [-0.15, -0.1) is 0 Å². The number of aliphatic hydroxyl groups is 1. The number of aliphatic hydroxyl groups excluding tert-OH is 1. The molecule has 1 aliphatic carbocycles. The molecule has 1 amide bonds. The predicted molar refractivity (Wildman–Crippen MR) is 91.0 cm³/mol. The smallest absolute Gasteiger partial charge is 0.251 e. The number of imidazole rings is 1. The van der Waals surface area contributed by atoms with Gasteiger partial charge < -0.3 is 10.4 Å². The first kappa shape index (κ1) is 16.1. The highest BCUT2D eigenvalue weighted by atomic mass is 32.2. The van der Waals surface area contributed by atoms with Crippen molar-refractivity contribution < 1.29 is 9.90 Å². The van der Waals surface area contributed by atoms with Crippen LogP contribution in [0.1, 0.15) is 29.6 Å². The summed E-state index contributed by atoms with van der Waals surface area (Å²) in [4.78, 5) is 16.8. The van der Waals surface area contributed by atoms with Gasteiger partial charge in [-0.1, -0.05) is 17.8 Å². The molecule has 1 aromatic heterocycles. The van der Waals surface area contributed by atoms with Crippen LogP contribution in [0.15, 0.2) is 41.8 Å². The van der Waals surface area contributed by atoms with E-state index in [-0.39, 0.29) is 18.6 Å². The minimum Gasteiger partial charge on any atom is -0.396 e. The molecule has 3 rings (SSSR count). The number of aromatic nitrogens is 2. The standard InChI is InChI=1S/C17H21N3O2S/c1-23-17-18-8-9-20(17)14-4-2-3-13(11-14)16(22)19-15(7-10-21)12-5-6-12/h2-4,8-9,11-12,15,21H,5-7,10H2,1H3,(H,19,22). The van der Waals surface area contributed by atoms with Gasteiger partial charge in [-0.25, -0.2) is 4.98 Å². The number of hydrogen-bond donors (Lipinski definition) is 2. The number of hydrogen-bond acceptors (Lipinski definition) is 4. The molecule has 1 aliphatic rings. The summed E-state index contributed by atoms with van der Waals surface area (Å²) in [5.74, 6) is 0.439. The normalized spacial score (nSPS) is 15.4. The lowest BCUT2D eigenvalue weighted by Gasteiger charge is -2.17. The van der Waals surface area contributed by atoms with Crippen LogP contribution in [-0.4, -0.2) is 39.5 Å². The monoisotopic (exact) mass is 331 g/mol. The van der Waals surface area contributed by atoms with Gasteiger partial charge in [-0.05, 0) is 49.6 Å². The summed E-state index contributed by atoms with van der Waals surface area (Å²) >= 11 is 1.56. The highest BCUT2D eigenvalue weighted by molar-refractivity contribution is 7.98. The summed E-state index contributed by atoms with van der Waals surface area (Å²) in [6.45, 7) is 0.105. The second-order valence-electron chi connectivity index (χ2n) is 5.76. The van der Waals surface area contributed by atoms with Crippen molar-refractivity contribution in [3.05, 3.63) is 42.2 Å². The van der Waals surface area contributed by atoms with E-state index in [0.29, 0.717) is 17.9 Å².